The fraction of sp³-hybridized carbons (Fsp3) is 0.588. The van der Waals surface area contributed by atoms with Crippen LogP contribution in [-0.2, 0) is 84.1 Å². The van der Waals surface area contributed by atoms with E-state index < -0.39 is 23.8 Å². The predicted molar refractivity (Wildman–Crippen MR) is 602 cm³/mol. The number of aliphatic imine (C=N–C) groups is 4. The van der Waals surface area contributed by atoms with Crippen molar-refractivity contribution in [2.24, 2.45) is 95.2 Å². The van der Waals surface area contributed by atoms with Crippen molar-refractivity contribution in [3.8, 4) is 0 Å². The molecule has 5 aromatic carbocycles. The van der Waals surface area contributed by atoms with E-state index in [4.69, 9.17) is 51.6 Å². The highest BCUT2D eigenvalue weighted by Crippen LogP contribution is 2.33. The average Bonchev–Trinajstić information content (AvgIpc) is 0.875. The Morgan fingerprint density at radius 3 is 0.844 bits per heavy atom. The summed E-state index contributed by atoms with van der Waals surface area (Å²) in [4.78, 5) is 88.3. The average molecular weight is 2020 g/mol. The number of benzene rings is 5. The molecule has 25 N–H and O–H groups in total. The van der Waals surface area contributed by atoms with E-state index >= 15 is 0 Å². The third-order valence-corrected chi connectivity index (χ3v) is 29.2. The number of carbonyl (C=O) groups is 5. The fourth-order valence-corrected chi connectivity index (χ4v) is 20.3. The highest BCUT2D eigenvalue weighted by molar-refractivity contribution is 5.97. The van der Waals surface area contributed by atoms with Gasteiger partial charge >= 0.3 is 0 Å². The van der Waals surface area contributed by atoms with Gasteiger partial charge in [-0.3, -0.25) is 53.9 Å². The van der Waals surface area contributed by atoms with E-state index in [1.54, 1.807) is 12.4 Å². The highest BCUT2D eigenvalue weighted by atomic mass is 19.1. The lowest BCUT2D eigenvalue weighted by Gasteiger charge is -2.21. The van der Waals surface area contributed by atoms with Crippen LogP contribution < -0.4 is 88.8 Å². The summed E-state index contributed by atoms with van der Waals surface area (Å²) in [5.74, 6) is 2.85. The van der Waals surface area contributed by atoms with Crippen LogP contribution in [-0.4, -0.2) is 114 Å². The van der Waals surface area contributed by atoms with Crippen LogP contribution in [0.2, 0.25) is 0 Å². The van der Waals surface area contributed by atoms with Gasteiger partial charge in [-0.1, -0.05) is 340 Å². The standard InChI is InChI=1S/C32H46FN5O2.2C31H48N6O.C25H43N5O/c33-28-20-18-27(19-21-28)30(39)38-29(13-8-22-36-32(34)35)31(40)37-23-26-16-14-25(15-17-26)12-5-2-1-4-9-24-10-6-3-7-11-24;2*32-31(33)35-22-10-16-29(36-24-28-15-8-9-21-34-28)30(38)37-23-27-19-17-26(18-20-27)14-5-2-1-4-11-25-12-6-3-7-13-25;26-23(13-8-18-29-25(27)28)24(31)30-19-22-16-14-21(15-17-22)12-5-2-1-4-9-20-10-6-3-7-11-20/h14-21,24,29H,1-13,22-23H2,(H,37,40)(H,38,39)(H4,34,35,36);2*8-9,15,17-21,25,29,36H,1-7,10-14,16,22-24H2,(H,37,38)(H4,32,33,35);14-17,20,23H,1-13,18-19,26H2,(H,30,31)(H4,27,28,29)/t3*29-;23-/m0100/s1. The molecule has 2 heterocycles. The molecule has 4 fully saturated rings. The second-order valence-corrected chi connectivity index (χ2v) is 41.4. The van der Waals surface area contributed by atoms with Gasteiger partial charge in [0.2, 0.25) is 23.6 Å². The zero-order valence-electron chi connectivity index (χ0n) is 88.9. The van der Waals surface area contributed by atoms with Gasteiger partial charge < -0.3 is 88.8 Å². The fourth-order valence-electron chi connectivity index (χ4n) is 20.3. The van der Waals surface area contributed by atoms with Crippen LogP contribution in [0.5, 0.6) is 0 Å². The second kappa shape index (κ2) is 75.4. The summed E-state index contributed by atoms with van der Waals surface area (Å²) in [6.45, 7) is 4.77. The van der Waals surface area contributed by atoms with E-state index in [0.717, 1.165) is 83.0 Å². The minimum absolute atomic E-state index is 0.0190. The maximum Gasteiger partial charge on any atom is 0.251 e. The summed E-state index contributed by atoms with van der Waals surface area (Å²) >= 11 is 0. The molecule has 0 bridgehead atoms. The van der Waals surface area contributed by atoms with Crippen molar-refractivity contribution < 1.29 is 28.4 Å². The van der Waals surface area contributed by atoms with E-state index in [1.807, 2.05) is 48.5 Å². The number of amides is 5. The van der Waals surface area contributed by atoms with Crippen molar-refractivity contribution in [1.82, 2.24) is 47.2 Å². The van der Waals surface area contributed by atoms with Gasteiger partial charge in [0.15, 0.2) is 23.8 Å². The van der Waals surface area contributed by atoms with Crippen LogP contribution in [0.15, 0.2) is 190 Å². The van der Waals surface area contributed by atoms with E-state index in [0.29, 0.717) is 117 Å². The normalized spacial score (nSPS) is 14.7. The SMILES string of the molecule is NC(N)=NCCC[C@@H](NCc1ccccn1)C(=O)NCc1ccc(CCCCCCC2CCCCC2)cc1.NC(N)=NCCC[C@H](N)C(=O)NCc1ccc(CCCCCCC2CCCCC2)cc1.NC(N)=NCCC[C@H](NC(=O)c1ccc(F)cc1)C(=O)NCc1ccc(CCCCCCC2CCCCC2)cc1.NC(N)=NCCC[C@H](NCc1ccccn1)C(=O)NCc1ccc(CCCCCCC2CCCCC2)cc1. The third-order valence-electron chi connectivity index (χ3n) is 29.2. The summed E-state index contributed by atoms with van der Waals surface area (Å²) in [5.41, 5.74) is 60.8. The number of guanidine groups is 4. The summed E-state index contributed by atoms with van der Waals surface area (Å²) in [5, 5.41) is 21.5. The van der Waals surface area contributed by atoms with Crippen LogP contribution >= 0.6 is 0 Å². The Kier molecular flexibility index (Phi) is 61.9. The van der Waals surface area contributed by atoms with Crippen molar-refractivity contribution in [1.29, 1.82) is 0 Å². The molecule has 808 valence electrons. The van der Waals surface area contributed by atoms with Gasteiger partial charge in [-0.25, -0.2) is 4.39 Å². The Hall–Kier alpha value is -11.4. The Morgan fingerprint density at radius 2 is 0.558 bits per heavy atom. The zero-order chi connectivity index (χ0) is 105. The molecule has 0 spiro atoms. The third kappa shape index (κ3) is 56.6. The summed E-state index contributed by atoms with van der Waals surface area (Å²) in [6, 6.07) is 49.0. The molecule has 0 unspecified atom stereocenters. The van der Waals surface area contributed by atoms with Crippen LogP contribution in [0.25, 0.3) is 0 Å². The molecule has 2 aromatic heterocycles. The first-order valence-electron chi connectivity index (χ1n) is 56.4. The van der Waals surface area contributed by atoms with Gasteiger partial charge in [0, 0.05) is 83.4 Å². The Balaban J connectivity index is 0.000000240. The largest absolute Gasteiger partial charge is 0.370 e. The number of nitrogens with two attached hydrogens (primary N) is 9. The van der Waals surface area contributed by atoms with Crippen molar-refractivity contribution in [2.75, 3.05) is 26.2 Å². The molecule has 4 atom stereocenters. The molecule has 4 saturated carbocycles. The number of halogens is 1. The van der Waals surface area contributed by atoms with E-state index in [2.05, 4.69) is 152 Å². The van der Waals surface area contributed by atoms with E-state index in [9.17, 15) is 28.4 Å². The number of hydrogen-bond donors (Lipinski definition) is 16. The molecule has 0 saturated heterocycles. The molecule has 147 heavy (non-hydrogen) atoms. The van der Waals surface area contributed by atoms with E-state index in [-0.39, 0.29) is 65.1 Å². The molecule has 0 radical (unpaired) electrons. The van der Waals surface area contributed by atoms with Gasteiger partial charge in [0.1, 0.15) is 11.9 Å². The minimum atomic E-state index is -0.774. The maximum absolute atomic E-state index is 13.2. The van der Waals surface area contributed by atoms with Gasteiger partial charge in [0.05, 0.1) is 29.5 Å². The number of carbonyl (C=O) groups excluding carboxylic acids is 5. The van der Waals surface area contributed by atoms with Crippen LogP contribution in [0, 0.1) is 29.5 Å². The Labute approximate surface area is 880 Å². The molecule has 4 aliphatic carbocycles. The number of hydrogen-bond acceptors (Lipinski definition) is 14. The van der Waals surface area contributed by atoms with Gasteiger partial charge in [0.25, 0.3) is 5.91 Å². The predicted octanol–water partition coefficient (Wildman–Crippen LogP) is 19.1. The summed E-state index contributed by atoms with van der Waals surface area (Å²) < 4.78 is 13.2. The lowest BCUT2D eigenvalue weighted by atomic mass is 9.85. The molecular weight excluding hydrogens is 1840 g/mol. The van der Waals surface area contributed by atoms with Crippen LogP contribution in [0.3, 0.4) is 0 Å². The quantitative estimate of drug-likeness (QED) is 0.00956. The Bertz CT molecular complexity index is 4620. The van der Waals surface area contributed by atoms with Gasteiger partial charge in [-0.05, 0) is 219 Å². The first-order valence-corrected chi connectivity index (χ1v) is 56.4. The molecule has 27 nitrogen and oxygen atoms in total. The number of pyridine rings is 2. The van der Waals surface area contributed by atoms with Crippen LogP contribution in [0.1, 0.15) is 374 Å². The Morgan fingerprint density at radius 1 is 0.293 bits per heavy atom. The number of aromatic nitrogens is 2. The molecule has 11 rings (SSSR count). The molecule has 4 aliphatic rings. The topological polar surface area (TPSA) is 479 Å². The monoisotopic (exact) mass is 2020 g/mol. The maximum atomic E-state index is 13.2. The number of rotatable bonds is 64. The molecule has 7 aromatic rings. The molecular formula is C119H185FN22O5. The highest BCUT2D eigenvalue weighted by Gasteiger charge is 2.25. The van der Waals surface area contributed by atoms with E-state index in [1.165, 1.54) is 303 Å². The summed E-state index contributed by atoms with van der Waals surface area (Å²) in [7, 11) is 0. The van der Waals surface area contributed by atoms with Crippen molar-refractivity contribution in [3.63, 3.8) is 0 Å². The van der Waals surface area contributed by atoms with Crippen molar-refractivity contribution >= 4 is 53.4 Å². The zero-order valence-corrected chi connectivity index (χ0v) is 88.9. The molecule has 28 heteroatoms. The first kappa shape index (κ1) is 121. The number of unbranched alkanes of at least 4 members (excludes halogenated alkanes) is 12. The number of aryl methyl sites for hydroxylation is 4. The first-order chi connectivity index (χ1) is 71.6. The van der Waals surface area contributed by atoms with Crippen LogP contribution in [0.4, 0.5) is 4.39 Å². The smallest absolute Gasteiger partial charge is 0.251 e. The lowest BCUT2D eigenvalue weighted by molar-refractivity contribution is -0.124. The second-order valence-electron chi connectivity index (χ2n) is 41.4. The van der Waals surface area contributed by atoms with Crippen molar-refractivity contribution in [2.45, 2.75) is 397 Å². The molecule has 5 amide bonds. The van der Waals surface area contributed by atoms with Gasteiger partial charge in [-0.2, -0.15) is 0 Å². The lowest BCUT2D eigenvalue weighted by Crippen LogP contribution is -2.46. The number of nitrogens with one attached hydrogen (secondary N) is 7. The van der Waals surface area contributed by atoms with Crippen molar-refractivity contribution in [3.05, 3.63) is 237 Å². The minimum Gasteiger partial charge on any atom is -0.370 e. The molecule has 0 aliphatic heterocycles. The summed E-state index contributed by atoms with van der Waals surface area (Å²) in [6.07, 6.45) is 68.8. The van der Waals surface area contributed by atoms with Gasteiger partial charge in [-0.15, -0.1) is 0 Å². The number of nitrogens with zero attached hydrogens (tertiary/aromatic N) is 6.